The van der Waals surface area contributed by atoms with Gasteiger partial charge >= 0.3 is 0 Å². The maximum atomic E-state index is 12.9. The van der Waals surface area contributed by atoms with Gasteiger partial charge in [-0.05, 0) is 31.0 Å². The number of benzene rings is 1. The number of nitrogens with one attached hydrogen (secondary N) is 1. The van der Waals surface area contributed by atoms with E-state index >= 15 is 0 Å². The molecule has 1 aliphatic rings. The second-order valence-corrected chi connectivity index (χ2v) is 8.19. The highest BCUT2D eigenvalue weighted by Gasteiger charge is 2.33. The molecule has 1 atom stereocenters. The summed E-state index contributed by atoms with van der Waals surface area (Å²) in [6.45, 7) is 3.01. The van der Waals surface area contributed by atoms with Gasteiger partial charge in [-0.1, -0.05) is 12.1 Å². The molecule has 2 heterocycles. The summed E-state index contributed by atoms with van der Waals surface area (Å²) < 4.78 is 36.4. The Bertz CT molecular complexity index is 829. The van der Waals surface area contributed by atoms with Gasteiger partial charge in [0.1, 0.15) is 5.82 Å². The lowest BCUT2D eigenvalue weighted by molar-refractivity contribution is 0.598. The van der Waals surface area contributed by atoms with Gasteiger partial charge in [-0.3, -0.25) is 0 Å². The highest BCUT2D eigenvalue weighted by atomic mass is 32.2. The molecule has 0 radical (unpaired) electrons. The van der Waals surface area contributed by atoms with Crippen molar-refractivity contribution < 1.29 is 12.8 Å². The van der Waals surface area contributed by atoms with Crippen LogP contribution in [0.3, 0.4) is 0 Å². The largest absolute Gasteiger partial charge is 0.365 e. The minimum atomic E-state index is -2.98. The zero-order valence-corrected chi connectivity index (χ0v) is 14.7. The Labute approximate surface area is 146 Å². The predicted octanol–water partition coefficient (Wildman–Crippen LogP) is 1.64. The van der Waals surface area contributed by atoms with Crippen molar-refractivity contribution in [1.82, 2.24) is 15.2 Å². The Hall–Kier alpha value is -2.29. The summed E-state index contributed by atoms with van der Waals surface area (Å²) in [4.78, 5) is 6.32. The van der Waals surface area contributed by atoms with Crippen LogP contribution in [0.15, 0.2) is 30.5 Å². The summed E-state index contributed by atoms with van der Waals surface area (Å²) in [7, 11) is -2.98. The van der Waals surface area contributed by atoms with Crippen LogP contribution in [0.4, 0.5) is 16.2 Å². The number of hydrogen-bond donors (Lipinski definition) is 1. The zero-order valence-electron chi connectivity index (χ0n) is 13.9. The fourth-order valence-corrected chi connectivity index (χ4v) is 4.61. The molecule has 7 nitrogen and oxygen atoms in total. The highest BCUT2D eigenvalue weighted by molar-refractivity contribution is 7.91. The number of hydrogen-bond acceptors (Lipinski definition) is 7. The topological polar surface area (TPSA) is 88.1 Å². The quantitative estimate of drug-likeness (QED) is 0.832. The van der Waals surface area contributed by atoms with E-state index < -0.39 is 9.84 Å². The molecule has 2 aromatic rings. The molecule has 0 spiro atoms. The smallest absolute Gasteiger partial charge is 0.247 e. The van der Waals surface area contributed by atoms with Gasteiger partial charge in [0.05, 0.1) is 17.7 Å². The van der Waals surface area contributed by atoms with E-state index in [0.717, 1.165) is 5.56 Å². The molecule has 0 aliphatic carbocycles. The first-order chi connectivity index (χ1) is 12.0. The molecule has 3 rings (SSSR count). The molecule has 0 bridgehead atoms. The summed E-state index contributed by atoms with van der Waals surface area (Å²) in [5, 5.41) is 11.1. The average molecular weight is 365 g/mol. The fraction of sp³-hybridized carbons (Fsp3) is 0.438. The average Bonchev–Trinajstić information content (AvgIpc) is 2.95. The Morgan fingerprint density at radius 2 is 2.08 bits per heavy atom. The molecule has 1 aliphatic heterocycles. The van der Waals surface area contributed by atoms with E-state index in [2.05, 4.69) is 20.5 Å². The lowest BCUT2D eigenvalue weighted by atomic mass is 10.2. The normalized spacial score (nSPS) is 18.9. The number of sulfone groups is 1. The molecule has 1 aromatic heterocycles. The van der Waals surface area contributed by atoms with Crippen LogP contribution in [0.2, 0.25) is 0 Å². The molecule has 9 heteroatoms. The third-order valence-electron chi connectivity index (χ3n) is 4.18. The van der Waals surface area contributed by atoms with Crippen molar-refractivity contribution in [3.8, 4) is 0 Å². The summed E-state index contributed by atoms with van der Waals surface area (Å²) >= 11 is 0. The Kier molecular flexibility index (Phi) is 5.12. The Morgan fingerprint density at radius 3 is 2.72 bits per heavy atom. The molecule has 1 N–H and O–H groups in total. The van der Waals surface area contributed by atoms with Crippen molar-refractivity contribution >= 4 is 21.6 Å². The molecule has 1 unspecified atom stereocenters. The van der Waals surface area contributed by atoms with E-state index in [1.54, 1.807) is 12.1 Å². The number of aromatic nitrogens is 3. The summed E-state index contributed by atoms with van der Waals surface area (Å²) in [6, 6.07) is 6.07. The van der Waals surface area contributed by atoms with Crippen LogP contribution in [0, 0.1) is 5.82 Å². The van der Waals surface area contributed by atoms with Gasteiger partial charge < -0.3 is 10.2 Å². The SMILES string of the molecule is CCN(c1nncc(NCc2ccc(F)cc2)n1)C1CCS(=O)(=O)C1. The van der Waals surface area contributed by atoms with Gasteiger partial charge in [0, 0.05) is 19.1 Å². The van der Waals surface area contributed by atoms with Gasteiger partial charge in [-0.25, -0.2) is 12.8 Å². The van der Waals surface area contributed by atoms with Gasteiger partial charge in [-0.2, -0.15) is 10.1 Å². The van der Waals surface area contributed by atoms with Crippen LogP contribution < -0.4 is 10.2 Å². The van der Waals surface area contributed by atoms with Crippen molar-refractivity contribution in [3.05, 3.63) is 41.8 Å². The third-order valence-corrected chi connectivity index (χ3v) is 5.93. The predicted molar refractivity (Wildman–Crippen MR) is 93.6 cm³/mol. The third kappa shape index (κ3) is 4.41. The van der Waals surface area contributed by atoms with Crippen LogP contribution in [0.1, 0.15) is 18.9 Å². The fourth-order valence-electron chi connectivity index (χ4n) is 2.88. The molecule has 1 fully saturated rings. The van der Waals surface area contributed by atoms with Crippen molar-refractivity contribution in [1.29, 1.82) is 0 Å². The van der Waals surface area contributed by atoms with E-state index in [1.165, 1.54) is 18.3 Å². The highest BCUT2D eigenvalue weighted by Crippen LogP contribution is 2.21. The maximum Gasteiger partial charge on any atom is 0.247 e. The Morgan fingerprint density at radius 1 is 1.32 bits per heavy atom. The van der Waals surface area contributed by atoms with E-state index in [9.17, 15) is 12.8 Å². The van der Waals surface area contributed by atoms with Crippen LogP contribution >= 0.6 is 0 Å². The standard InChI is InChI=1S/C16H20FN5O2S/c1-2-22(14-7-8-25(23,24)11-14)16-20-15(10-19-21-16)18-9-12-3-5-13(17)6-4-12/h3-6,10,14H,2,7-9,11H2,1H3,(H,18,20,21). The number of rotatable bonds is 6. The van der Waals surface area contributed by atoms with Gasteiger partial charge in [0.25, 0.3) is 0 Å². The lowest BCUT2D eigenvalue weighted by Crippen LogP contribution is -2.37. The second-order valence-electron chi connectivity index (χ2n) is 5.96. The van der Waals surface area contributed by atoms with Crippen molar-refractivity contribution in [3.63, 3.8) is 0 Å². The molecular formula is C16H20FN5O2S. The van der Waals surface area contributed by atoms with Crippen LogP contribution in [0.25, 0.3) is 0 Å². The van der Waals surface area contributed by atoms with Crippen molar-refractivity contribution in [2.45, 2.75) is 25.9 Å². The minimum Gasteiger partial charge on any atom is -0.365 e. The molecule has 1 aromatic carbocycles. The van der Waals surface area contributed by atoms with Crippen LogP contribution in [-0.2, 0) is 16.4 Å². The molecule has 25 heavy (non-hydrogen) atoms. The van der Waals surface area contributed by atoms with E-state index in [-0.39, 0.29) is 23.4 Å². The first-order valence-corrected chi connectivity index (χ1v) is 9.94. The molecule has 134 valence electrons. The van der Waals surface area contributed by atoms with Crippen molar-refractivity contribution in [2.24, 2.45) is 0 Å². The van der Waals surface area contributed by atoms with E-state index in [1.807, 2.05) is 11.8 Å². The number of halogens is 1. The van der Waals surface area contributed by atoms with Crippen LogP contribution in [0.5, 0.6) is 0 Å². The minimum absolute atomic E-state index is 0.121. The molecular weight excluding hydrogens is 345 g/mol. The summed E-state index contributed by atoms with van der Waals surface area (Å²) in [6.07, 6.45) is 2.08. The number of anilines is 2. The first-order valence-electron chi connectivity index (χ1n) is 8.12. The van der Waals surface area contributed by atoms with Gasteiger partial charge in [-0.15, -0.1) is 5.10 Å². The van der Waals surface area contributed by atoms with Crippen molar-refractivity contribution in [2.75, 3.05) is 28.3 Å². The first kappa shape index (κ1) is 17.5. The van der Waals surface area contributed by atoms with E-state index in [4.69, 9.17) is 0 Å². The monoisotopic (exact) mass is 365 g/mol. The summed E-state index contributed by atoms with van der Waals surface area (Å²) in [5.41, 5.74) is 0.913. The molecule has 0 saturated carbocycles. The van der Waals surface area contributed by atoms with Crippen LogP contribution in [-0.4, -0.2) is 47.7 Å². The van der Waals surface area contributed by atoms with E-state index in [0.29, 0.717) is 31.3 Å². The van der Waals surface area contributed by atoms with Gasteiger partial charge in [0.15, 0.2) is 15.7 Å². The Balaban J connectivity index is 1.70. The molecule has 0 amide bonds. The summed E-state index contributed by atoms with van der Waals surface area (Å²) in [5.74, 6) is 0.990. The van der Waals surface area contributed by atoms with Gasteiger partial charge in [0.2, 0.25) is 5.95 Å². The lowest BCUT2D eigenvalue weighted by Gasteiger charge is -2.26. The second kappa shape index (κ2) is 7.30. The molecule has 1 saturated heterocycles. The number of nitrogens with zero attached hydrogens (tertiary/aromatic N) is 4. The zero-order chi connectivity index (χ0) is 17.9. The maximum absolute atomic E-state index is 12.9.